The summed E-state index contributed by atoms with van der Waals surface area (Å²) in [5.74, 6) is -0.0970. The van der Waals surface area contributed by atoms with Gasteiger partial charge in [-0.05, 0) is 36.6 Å². The Morgan fingerprint density at radius 1 is 0.929 bits per heavy atom. The summed E-state index contributed by atoms with van der Waals surface area (Å²) in [6.45, 7) is 9.64. The van der Waals surface area contributed by atoms with E-state index in [-0.39, 0.29) is 18.4 Å². The molecule has 0 bridgehead atoms. The number of rotatable bonds is 5. The monoisotopic (exact) mass is 379 g/mol. The molecule has 0 atom stereocenters. The van der Waals surface area contributed by atoms with Gasteiger partial charge in [0.05, 0.1) is 0 Å². The van der Waals surface area contributed by atoms with Crippen molar-refractivity contribution in [1.82, 2.24) is 9.80 Å². The minimum Gasteiger partial charge on any atom is -0.339 e. The molecule has 1 aliphatic rings. The highest BCUT2D eigenvalue weighted by Crippen LogP contribution is 2.23. The summed E-state index contributed by atoms with van der Waals surface area (Å²) in [6, 6.07) is 16.3. The molecule has 0 aliphatic carbocycles. The molecule has 1 heterocycles. The first kappa shape index (κ1) is 20.1. The molecule has 5 nitrogen and oxygen atoms in total. The summed E-state index contributed by atoms with van der Waals surface area (Å²) in [7, 11) is 0. The third kappa shape index (κ3) is 4.78. The molecule has 148 valence electrons. The van der Waals surface area contributed by atoms with Gasteiger partial charge in [0.2, 0.25) is 11.8 Å². The molecule has 2 aromatic carbocycles. The third-order valence-electron chi connectivity index (χ3n) is 5.51. The average molecular weight is 380 g/mol. The third-order valence-corrected chi connectivity index (χ3v) is 5.51. The Morgan fingerprint density at radius 2 is 1.61 bits per heavy atom. The SMILES string of the molecule is CC(=O)N(CC(=O)N1CCN(Cc2ccccc2)CC1)c1cccc(C)c1C. The maximum absolute atomic E-state index is 12.9. The first-order valence-corrected chi connectivity index (χ1v) is 9.84. The molecule has 0 unspecified atom stereocenters. The zero-order valence-electron chi connectivity index (χ0n) is 17.0. The highest BCUT2D eigenvalue weighted by Gasteiger charge is 2.25. The number of piperazine rings is 1. The van der Waals surface area contributed by atoms with Crippen LogP contribution in [-0.4, -0.2) is 54.3 Å². The van der Waals surface area contributed by atoms with Crippen molar-refractivity contribution in [3.05, 3.63) is 65.2 Å². The Morgan fingerprint density at radius 3 is 2.25 bits per heavy atom. The minimum absolute atomic E-state index is 0.00969. The lowest BCUT2D eigenvalue weighted by molar-refractivity contribution is -0.132. The van der Waals surface area contributed by atoms with Gasteiger partial charge >= 0.3 is 0 Å². The van der Waals surface area contributed by atoms with Crippen molar-refractivity contribution in [1.29, 1.82) is 0 Å². The van der Waals surface area contributed by atoms with Gasteiger partial charge in [-0.15, -0.1) is 0 Å². The minimum atomic E-state index is -0.107. The van der Waals surface area contributed by atoms with Crippen molar-refractivity contribution in [3.8, 4) is 0 Å². The van der Waals surface area contributed by atoms with E-state index in [4.69, 9.17) is 0 Å². The number of hydrogen-bond donors (Lipinski definition) is 0. The summed E-state index contributed by atoms with van der Waals surface area (Å²) in [4.78, 5) is 30.9. The van der Waals surface area contributed by atoms with E-state index in [0.29, 0.717) is 13.1 Å². The molecule has 0 saturated carbocycles. The highest BCUT2D eigenvalue weighted by molar-refractivity contribution is 5.98. The Balaban J connectivity index is 1.59. The van der Waals surface area contributed by atoms with Crippen LogP contribution in [0.3, 0.4) is 0 Å². The molecule has 0 spiro atoms. The van der Waals surface area contributed by atoms with E-state index in [1.54, 1.807) is 4.90 Å². The number of benzene rings is 2. The van der Waals surface area contributed by atoms with Crippen LogP contribution in [-0.2, 0) is 16.1 Å². The van der Waals surface area contributed by atoms with Crippen molar-refractivity contribution in [2.75, 3.05) is 37.6 Å². The Bertz CT molecular complexity index is 827. The van der Waals surface area contributed by atoms with Crippen LogP contribution in [0.1, 0.15) is 23.6 Å². The molecule has 0 N–H and O–H groups in total. The van der Waals surface area contributed by atoms with Gasteiger partial charge in [0, 0.05) is 45.3 Å². The van der Waals surface area contributed by atoms with Crippen LogP contribution in [0.5, 0.6) is 0 Å². The molecule has 2 amide bonds. The van der Waals surface area contributed by atoms with Gasteiger partial charge < -0.3 is 9.80 Å². The van der Waals surface area contributed by atoms with Crippen LogP contribution < -0.4 is 4.90 Å². The highest BCUT2D eigenvalue weighted by atomic mass is 16.2. The van der Waals surface area contributed by atoms with Crippen LogP contribution in [0.25, 0.3) is 0 Å². The molecule has 28 heavy (non-hydrogen) atoms. The fraction of sp³-hybridized carbons (Fsp3) is 0.391. The molecule has 2 aromatic rings. The van der Waals surface area contributed by atoms with E-state index in [9.17, 15) is 9.59 Å². The fourth-order valence-electron chi connectivity index (χ4n) is 3.63. The largest absolute Gasteiger partial charge is 0.339 e. The number of nitrogens with zero attached hydrogens (tertiary/aromatic N) is 3. The summed E-state index contributed by atoms with van der Waals surface area (Å²) in [5, 5.41) is 0. The fourth-order valence-corrected chi connectivity index (χ4v) is 3.63. The summed E-state index contributed by atoms with van der Waals surface area (Å²) < 4.78 is 0. The van der Waals surface area contributed by atoms with Crippen molar-refractivity contribution in [2.24, 2.45) is 0 Å². The number of carbonyl (C=O) groups is 2. The molecular formula is C23H29N3O2. The Labute approximate surface area is 167 Å². The van der Waals surface area contributed by atoms with Gasteiger partial charge in [0.25, 0.3) is 0 Å². The van der Waals surface area contributed by atoms with Gasteiger partial charge in [-0.25, -0.2) is 0 Å². The lowest BCUT2D eigenvalue weighted by Crippen LogP contribution is -2.51. The van der Waals surface area contributed by atoms with Gasteiger partial charge in [0.1, 0.15) is 6.54 Å². The van der Waals surface area contributed by atoms with Gasteiger partial charge in [-0.3, -0.25) is 14.5 Å². The van der Waals surface area contributed by atoms with Crippen LogP contribution >= 0.6 is 0 Å². The van der Waals surface area contributed by atoms with E-state index in [1.807, 2.05) is 43.0 Å². The molecule has 1 fully saturated rings. The predicted molar refractivity (Wildman–Crippen MR) is 112 cm³/mol. The standard InChI is InChI=1S/C23H29N3O2/c1-18-8-7-11-22(19(18)2)26(20(3)27)17-23(28)25-14-12-24(13-15-25)16-21-9-5-4-6-10-21/h4-11H,12-17H2,1-3H3. The number of anilines is 1. The van der Waals surface area contributed by atoms with Crippen LogP contribution in [0, 0.1) is 13.8 Å². The molecule has 0 radical (unpaired) electrons. The maximum Gasteiger partial charge on any atom is 0.242 e. The van der Waals surface area contributed by atoms with Crippen molar-refractivity contribution < 1.29 is 9.59 Å². The first-order valence-electron chi connectivity index (χ1n) is 9.84. The first-order chi connectivity index (χ1) is 13.5. The number of carbonyl (C=O) groups excluding carboxylic acids is 2. The second kappa shape index (κ2) is 9.02. The predicted octanol–water partition coefficient (Wildman–Crippen LogP) is 3.00. The van der Waals surface area contributed by atoms with Crippen molar-refractivity contribution >= 4 is 17.5 Å². The normalized spacial score (nSPS) is 14.8. The van der Waals surface area contributed by atoms with Gasteiger partial charge in [-0.1, -0.05) is 42.5 Å². The summed E-state index contributed by atoms with van der Waals surface area (Å²) >= 11 is 0. The smallest absolute Gasteiger partial charge is 0.242 e. The van der Waals surface area contributed by atoms with E-state index in [0.717, 1.165) is 36.4 Å². The zero-order valence-corrected chi connectivity index (χ0v) is 17.0. The van der Waals surface area contributed by atoms with Crippen LogP contribution in [0.15, 0.2) is 48.5 Å². The van der Waals surface area contributed by atoms with Crippen LogP contribution in [0.2, 0.25) is 0 Å². The summed E-state index contributed by atoms with van der Waals surface area (Å²) in [5.41, 5.74) is 4.27. The lowest BCUT2D eigenvalue weighted by Gasteiger charge is -2.36. The van der Waals surface area contributed by atoms with Crippen molar-refractivity contribution in [3.63, 3.8) is 0 Å². The zero-order chi connectivity index (χ0) is 20.1. The number of hydrogen-bond acceptors (Lipinski definition) is 3. The molecule has 3 rings (SSSR count). The second-order valence-electron chi connectivity index (χ2n) is 7.47. The molecule has 0 aromatic heterocycles. The van der Waals surface area contributed by atoms with E-state index >= 15 is 0 Å². The van der Waals surface area contributed by atoms with Crippen molar-refractivity contribution in [2.45, 2.75) is 27.3 Å². The molecule has 1 saturated heterocycles. The summed E-state index contributed by atoms with van der Waals surface area (Å²) in [6.07, 6.45) is 0. The lowest BCUT2D eigenvalue weighted by atomic mass is 10.1. The number of amides is 2. The average Bonchev–Trinajstić information content (AvgIpc) is 2.69. The van der Waals surface area contributed by atoms with Crippen LogP contribution in [0.4, 0.5) is 5.69 Å². The second-order valence-corrected chi connectivity index (χ2v) is 7.47. The molecule has 1 aliphatic heterocycles. The Hall–Kier alpha value is -2.66. The van der Waals surface area contributed by atoms with E-state index < -0.39 is 0 Å². The van der Waals surface area contributed by atoms with Gasteiger partial charge in [-0.2, -0.15) is 0 Å². The maximum atomic E-state index is 12.9. The van der Waals surface area contributed by atoms with E-state index in [2.05, 4.69) is 29.2 Å². The van der Waals surface area contributed by atoms with E-state index in [1.165, 1.54) is 12.5 Å². The Kier molecular flexibility index (Phi) is 6.47. The number of aryl methyl sites for hydroxylation is 1. The van der Waals surface area contributed by atoms with Gasteiger partial charge in [0.15, 0.2) is 0 Å². The topological polar surface area (TPSA) is 43.9 Å². The molecule has 5 heteroatoms. The quantitative estimate of drug-likeness (QED) is 0.802. The molecular weight excluding hydrogens is 350 g/mol.